The second kappa shape index (κ2) is 3.47. The maximum atomic E-state index is 9.58. The summed E-state index contributed by atoms with van der Waals surface area (Å²) in [5, 5.41) is 12.7. The summed E-state index contributed by atoms with van der Waals surface area (Å²) < 4.78 is 2.00. The summed E-state index contributed by atoms with van der Waals surface area (Å²) in [6.45, 7) is 1.61. The lowest BCUT2D eigenvalue weighted by Crippen LogP contribution is -2.21. The number of hydrogen-bond acceptors (Lipinski definition) is 3. The highest BCUT2D eigenvalue weighted by Gasteiger charge is 2.25. The predicted molar refractivity (Wildman–Crippen MR) is 49.3 cm³/mol. The Labute approximate surface area is 77.6 Å². The van der Waals surface area contributed by atoms with Crippen LogP contribution >= 0.6 is 0 Å². The van der Waals surface area contributed by atoms with E-state index in [0.29, 0.717) is 5.92 Å². The minimum Gasteiger partial charge on any atom is -0.391 e. The Kier molecular flexibility index (Phi) is 2.33. The van der Waals surface area contributed by atoms with Crippen molar-refractivity contribution >= 4 is 0 Å². The summed E-state index contributed by atoms with van der Waals surface area (Å²) >= 11 is 0. The average Bonchev–Trinajstić information content (AvgIpc) is 2.65. The van der Waals surface area contributed by atoms with Crippen molar-refractivity contribution in [3.63, 3.8) is 0 Å². The fourth-order valence-electron chi connectivity index (χ4n) is 1.76. The fourth-order valence-corrected chi connectivity index (χ4v) is 1.76. The number of nitrogens with one attached hydrogen (secondary N) is 1. The lowest BCUT2D eigenvalue weighted by atomic mass is 10.0. The zero-order valence-corrected chi connectivity index (χ0v) is 7.77. The van der Waals surface area contributed by atoms with E-state index in [-0.39, 0.29) is 6.10 Å². The van der Waals surface area contributed by atoms with Gasteiger partial charge in [-0.2, -0.15) is 0 Å². The predicted octanol–water partition coefficient (Wildman–Crippen LogP) is -0.457. The first-order chi connectivity index (χ1) is 6.27. The Bertz CT molecular complexity index is 284. The number of aryl methyl sites for hydroxylation is 1. The molecular formula is C9H15N3O. The van der Waals surface area contributed by atoms with E-state index in [0.717, 1.165) is 25.3 Å². The molecule has 1 aromatic rings. The molecule has 0 unspecified atom stereocenters. The molecule has 13 heavy (non-hydrogen) atoms. The largest absolute Gasteiger partial charge is 0.391 e. The van der Waals surface area contributed by atoms with Crippen molar-refractivity contribution in [2.45, 2.75) is 12.5 Å². The van der Waals surface area contributed by atoms with Crippen molar-refractivity contribution in [1.29, 1.82) is 0 Å². The van der Waals surface area contributed by atoms with Gasteiger partial charge in [-0.15, -0.1) is 0 Å². The molecule has 0 saturated carbocycles. The van der Waals surface area contributed by atoms with E-state index >= 15 is 0 Å². The first-order valence-electron chi connectivity index (χ1n) is 4.62. The third-order valence-corrected chi connectivity index (χ3v) is 2.67. The normalized spacial score (nSPS) is 28.2. The highest BCUT2D eigenvalue weighted by atomic mass is 16.3. The molecule has 2 N–H and O–H groups in total. The smallest absolute Gasteiger partial charge is 0.108 e. The summed E-state index contributed by atoms with van der Waals surface area (Å²) in [4.78, 5) is 4.24. The lowest BCUT2D eigenvalue weighted by Gasteiger charge is -2.12. The van der Waals surface area contributed by atoms with Gasteiger partial charge in [0.15, 0.2) is 0 Å². The number of β-amino-alcohol motifs (C(OH)–C–C–N with tert-alkyl or cyclic N) is 1. The molecule has 0 aliphatic carbocycles. The first kappa shape index (κ1) is 8.72. The van der Waals surface area contributed by atoms with Crippen LogP contribution in [0, 0.1) is 5.92 Å². The van der Waals surface area contributed by atoms with E-state index in [4.69, 9.17) is 0 Å². The molecule has 72 valence electrons. The number of imidazole rings is 1. The van der Waals surface area contributed by atoms with Crippen LogP contribution in [0.4, 0.5) is 0 Å². The Balaban J connectivity index is 2.01. The summed E-state index contributed by atoms with van der Waals surface area (Å²) in [5.41, 5.74) is 0. The number of aliphatic hydroxyl groups excluding tert-OH is 1. The molecule has 0 aromatic carbocycles. The fraction of sp³-hybridized carbons (Fsp3) is 0.667. The topological polar surface area (TPSA) is 50.1 Å². The average molecular weight is 181 g/mol. The van der Waals surface area contributed by atoms with Crippen molar-refractivity contribution in [2.75, 3.05) is 13.1 Å². The molecule has 1 aliphatic rings. The van der Waals surface area contributed by atoms with Crippen molar-refractivity contribution < 1.29 is 5.11 Å². The highest BCUT2D eigenvalue weighted by molar-refractivity contribution is 4.96. The van der Waals surface area contributed by atoms with Gasteiger partial charge >= 0.3 is 0 Å². The van der Waals surface area contributed by atoms with Crippen LogP contribution in [0.3, 0.4) is 0 Å². The van der Waals surface area contributed by atoms with Crippen LogP contribution in [0.2, 0.25) is 0 Å². The van der Waals surface area contributed by atoms with Gasteiger partial charge in [0, 0.05) is 44.9 Å². The number of aromatic nitrogens is 2. The lowest BCUT2D eigenvalue weighted by molar-refractivity contribution is 0.146. The Morgan fingerprint density at radius 3 is 3.08 bits per heavy atom. The van der Waals surface area contributed by atoms with Gasteiger partial charge in [-0.05, 0) is 0 Å². The number of hydrogen-bond donors (Lipinski definition) is 2. The molecule has 0 bridgehead atoms. The molecule has 2 heterocycles. The number of aliphatic hydroxyl groups is 1. The maximum Gasteiger partial charge on any atom is 0.108 e. The van der Waals surface area contributed by atoms with Crippen LogP contribution in [0.5, 0.6) is 0 Å². The summed E-state index contributed by atoms with van der Waals surface area (Å²) in [6.07, 6.45) is 4.38. The van der Waals surface area contributed by atoms with Crippen LogP contribution in [0.25, 0.3) is 0 Å². The van der Waals surface area contributed by atoms with E-state index in [2.05, 4.69) is 10.3 Å². The minimum atomic E-state index is -0.211. The van der Waals surface area contributed by atoms with E-state index in [1.807, 2.05) is 17.8 Å². The Morgan fingerprint density at radius 1 is 1.69 bits per heavy atom. The van der Waals surface area contributed by atoms with Gasteiger partial charge < -0.3 is 15.0 Å². The molecule has 0 amide bonds. The van der Waals surface area contributed by atoms with Crippen molar-refractivity contribution in [3.05, 3.63) is 18.2 Å². The molecule has 1 aliphatic heterocycles. The molecule has 2 rings (SSSR count). The third-order valence-electron chi connectivity index (χ3n) is 2.67. The van der Waals surface area contributed by atoms with E-state index < -0.39 is 0 Å². The molecule has 4 heteroatoms. The quantitative estimate of drug-likeness (QED) is 0.649. The monoisotopic (exact) mass is 181 g/mol. The van der Waals surface area contributed by atoms with Crippen LogP contribution in [-0.2, 0) is 13.5 Å². The second-order valence-corrected chi connectivity index (χ2v) is 3.64. The van der Waals surface area contributed by atoms with Crippen LogP contribution in [0.15, 0.2) is 12.4 Å². The third kappa shape index (κ3) is 1.73. The molecule has 2 atom stereocenters. The van der Waals surface area contributed by atoms with Crippen LogP contribution < -0.4 is 5.32 Å². The second-order valence-electron chi connectivity index (χ2n) is 3.64. The van der Waals surface area contributed by atoms with Gasteiger partial charge in [-0.25, -0.2) is 4.98 Å². The summed E-state index contributed by atoms with van der Waals surface area (Å²) in [5.74, 6) is 1.37. The molecule has 0 spiro atoms. The van der Waals surface area contributed by atoms with Gasteiger partial charge in [0.25, 0.3) is 0 Å². The molecule has 1 fully saturated rings. The molecule has 4 nitrogen and oxygen atoms in total. The van der Waals surface area contributed by atoms with Gasteiger partial charge in [0.05, 0.1) is 6.10 Å². The Morgan fingerprint density at radius 2 is 2.54 bits per heavy atom. The summed E-state index contributed by atoms with van der Waals surface area (Å²) in [7, 11) is 1.98. The molecule has 1 saturated heterocycles. The summed E-state index contributed by atoms with van der Waals surface area (Å²) in [6, 6.07) is 0. The van der Waals surface area contributed by atoms with Gasteiger partial charge in [-0.1, -0.05) is 0 Å². The maximum absolute atomic E-state index is 9.58. The highest BCUT2D eigenvalue weighted by Crippen LogP contribution is 2.14. The zero-order chi connectivity index (χ0) is 9.26. The van der Waals surface area contributed by atoms with Crippen LogP contribution in [-0.4, -0.2) is 33.9 Å². The zero-order valence-electron chi connectivity index (χ0n) is 7.77. The van der Waals surface area contributed by atoms with Crippen molar-refractivity contribution in [3.8, 4) is 0 Å². The SMILES string of the molecule is Cn1ccnc1C[C@@H]1CNC[C@H]1O. The standard InChI is InChI=1S/C9H15N3O/c1-12-3-2-11-9(12)4-7-5-10-6-8(7)13/h2-3,7-8,10,13H,4-6H2,1H3/t7-,8-/m1/s1. The molecule has 0 radical (unpaired) electrons. The van der Waals surface area contributed by atoms with Gasteiger partial charge in [-0.3, -0.25) is 0 Å². The number of rotatable bonds is 2. The minimum absolute atomic E-state index is 0.211. The first-order valence-corrected chi connectivity index (χ1v) is 4.62. The van der Waals surface area contributed by atoms with Crippen molar-refractivity contribution in [1.82, 2.24) is 14.9 Å². The van der Waals surface area contributed by atoms with E-state index in [9.17, 15) is 5.11 Å². The number of nitrogens with zero attached hydrogens (tertiary/aromatic N) is 2. The van der Waals surface area contributed by atoms with Crippen molar-refractivity contribution in [2.24, 2.45) is 13.0 Å². The van der Waals surface area contributed by atoms with E-state index in [1.54, 1.807) is 6.20 Å². The van der Waals surface area contributed by atoms with Gasteiger partial charge in [0.2, 0.25) is 0 Å². The Hall–Kier alpha value is -0.870. The van der Waals surface area contributed by atoms with E-state index in [1.165, 1.54) is 0 Å². The van der Waals surface area contributed by atoms with Crippen LogP contribution in [0.1, 0.15) is 5.82 Å². The molecular weight excluding hydrogens is 166 g/mol. The molecule has 1 aromatic heterocycles. The van der Waals surface area contributed by atoms with Gasteiger partial charge in [0.1, 0.15) is 5.82 Å².